The third kappa shape index (κ3) is 2.17. The average molecular weight is 248 g/mol. The number of rotatable bonds is 2. The molecule has 1 aliphatic carbocycles. The highest BCUT2D eigenvalue weighted by molar-refractivity contribution is 7.10. The van der Waals surface area contributed by atoms with E-state index in [1.54, 1.807) is 6.07 Å². The highest BCUT2D eigenvalue weighted by Crippen LogP contribution is 2.35. The molecule has 17 heavy (non-hydrogen) atoms. The second-order valence-electron chi connectivity index (χ2n) is 4.23. The summed E-state index contributed by atoms with van der Waals surface area (Å²) in [6.07, 6.45) is 3.43. The summed E-state index contributed by atoms with van der Waals surface area (Å²) < 4.78 is 13.0. The van der Waals surface area contributed by atoms with E-state index in [-0.39, 0.29) is 6.04 Å². The van der Waals surface area contributed by atoms with Crippen LogP contribution in [0.15, 0.2) is 29.6 Å². The topological polar surface area (TPSA) is 24.9 Å². The molecule has 2 nitrogen and oxygen atoms in total. The summed E-state index contributed by atoms with van der Waals surface area (Å²) in [4.78, 5) is 5.30. The number of aryl methyl sites for hydroxylation is 1. The smallest absolute Gasteiger partial charge is 0.214 e. The number of pyridine rings is 1. The molecule has 4 heteroatoms. The van der Waals surface area contributed by atoms with Gasteiger partial charge in [-0.3, -0.25) is 0 Å². The van der Waals surface area contributed by atoms with Gasteiger partial charge in [-0.15, -0.1) is 11.3 Å². The van der Waals surface area contributed by atoms with Crippen molar-refractivity contribution in [3.63, 3.8) is 0 Å². The summed E-state index contributed by atoms with van der Waals surface area (Å²) in [7, 11) is 0. The van der Waals surface area contributed by atoms with E-state index in [2.05, 4.69) is 21.7 Å². The fourth-order valence-electron chi connectivity index (χ4n) is 2.30. The van der Waals surface area contributed by atoms with E-state index in [4.69, 9.17) is 0 Å². The number of thiophene rings is 1. The van der Waals surface area contributed by atoms with Gasteiger partial charge < -0.3 is 5.32 Å². The van der Waals surface area contributed by atoms with Crippen LogP contribution in [0.4, 0.5) is 10.2 Å². The molecule has 0 saturated carbocycles. The molecule has 1 aliphatic rings. The molecule has 3 rings (SSSR count). The third-order valence-corrected chi connectivity index (χ3v) is 4.09. The summed E-state index contributed by atoms with van der Waals surface area (Å²) >= 11 is 1.81. The highest BCUT2D eigenvalue weighted by Gasteiger charge is 2.21. The van der Waals surface area contributed by atoms with Gasteiger partial charge in [0, 0.05) is 4.88 Å². The molecule has 0 amide bonds. The van der Waals surface area contributed by atoms with Crippen LogP contribution in [0.25, 0.3) is 0 Å². The molecular weight excluding hydrogens is 235 g/mol. The van der Waals surface area contributed by atoms with Gasteiger partial charge >= 0.3 is 0 Å². The lowest BCUT2D eigenvalue weighted by molar-refractivity contribution is 0.577. The first-order valence-corrected chi connectivity index (χ1v) is 6.66. The van der Waals surface area contributed by atoms with Crippen molar-refractivity contribution in [3.05, 3.63) is 46.0 Å². The van der Waals surface area contributed by atoms with E-state index in [1.165, 1.54) is 29.3 Å². The number of anilines is 1. The van der Waals surface area contributed by atoms with Gasteiger partial charge in [0.15, 0.2) is 0 Å². The van der Waals surface area contributed by atoms with E-state index in [1.807, 2.05) is 17.4 Å². The minimum Gasteiger partial charge on any atom is -0.363 e. The Morgan fingerprint density at radius 2 is 2.29 bits per heavy atom. The van der Waals surface area contributed by atoms with Crippen LogP contribution >= 0.6 is 11.3 Å². The minimum absolute atomic E-state index is 0.277. The molecule has 0 bridgehead atoms. The molecule has 2 heterocycles. The number of nitrogens with one attached hydrogen (secondary N) is 1. The lowest BCUT2D eigenvalue weighted by atomic mass is 9.94. The van der Waals surface area contributed by atoms with Crippen molar-refractivity contribution in [2.45, 2.75) is 25.3 Å². The van der Waals surface area contributed by atoms with Gasteiger partial charge in [-0.25, -0.2) is 4.98 Å². The summed E-state index contributed by atoms with van der Waals surface area (Å²) in [6.45, 7) is 0. The van der Waals surface area contributed by atoms with Gasteiger partial charge in [0.2, 0.25) is 5.95 Å². The molecule has 0 aliphatic heterocycles. The number of nitrogens with zero attached hydrogens (tertiary/aromatic N) is 1. The zero-order valence-corrected chi connectivity index (χ0v) is 10.1. The Hall–Kier alpha value is -1.42. The van der Waals surface area contributed by atoms with Crippen molar-refractivity contribution in [1.82, 2.24) is 4.98 Å². The Morgan fingerprint density at radius 1 is 1.35 bits per heavy atom. The van der Waals surface area contributed by atoms with Crippen LogP contribution in [0.2, 0.25) is 0 Å². The molecule has 1 unspecified atom stereocenters. The summed E-state index contributed by atoms with van der Waals surface area (Å²) in [5.74, 6) is 0.186. The van der Waals surface area contributed by atoms with Crippen molar-refractivity contribution < 1.29 is 4.39 Å². The molecule has 0 spiro atoms. The van der Waals surface area contributed by atoms with E-state index < -0.39 is 5.95 Å². The second-order valence-corrected chi connectivity index (χ2v) is 5.23. The van der Waals surface area contributed by atoms with E-state index in [0.29, 0.717) is 5.82 Å². The zero-order valence-electron chi connectivity index (χ0n) is 9.32. The minimum atomic E-state index is -0.434. The number of hydrogen-bond acceptors (Lipinski definition) is 3. The predicted octanol–water partition coefficient (Wildman–Crippen LogP) is 3.77. The van der Waals surface area contributed by atoms with Crippen LogP contribution in [0, 0.1) is 5.95 Å². The molecule has 0 radical (unpaired) electrons. The second kappa shape index (κ2) is 4.45. The molecule has 88 valence electrons. The maximum absolute atomic E-state index is 13.0. The van der Waals surface area contributed by atoms with Gasteiger partial charge in [-0.05, 0) is 48.4 Å². The molecule has 1 atom stereocenters. The van der Waals surface area contributed by atoms with Crippen LogP contribution in [0.1, 0.15) is 29.3 Å². The lowest BCUT2D eigenvalue weighted by Gasteiger charge is -2.24. The van der Waals surface area contributed by atoms with Crippen molar-refractivity contribution >= 4 is 17.2 Å². The largest absolute Gasteiger partial charge is 0.363 e. The van der Waals surface area contributed by atoms with Crippen LogP contribution in [-0.4, -0.2) is 4.98 Å². The van der Waals surface area contributed by atoms with Crippen LogP contribution in [0.3, 0.4) is 0 Å². The Kier molecular flexibility index (Phi) is 2.81. The Morgan fingerprint density at radius 3 is 3.18 bits per heavy atom. The Balaban J connectivity index is 1.84. The molecule has 1 N–H and O–H groups in total. The van der Waals surface area contributed by atoms with Crippen LogP contribution < -0.4 is 5.32 Å². The Bertz CT molecular complexity index is 524. The van der Waals surface area contributed by atoms with Crippen LogP contribution in [-0.2, 0) is 6.42 Å². The highest BCUT2D eigenvalue weighted by atomic mass is 32.1. The molecular formula is C13H13FN2S. The van der Waals surface area contributed by atoms with Gasteiger partial charge in [-0.2, -0.15) is 4.39 Å². The lowest BCUT2D eigenvalue weighted by Crippen LogP contribution is -2.16. The van der Waals surface area contributed by atoms with Crippen molar-refractivity contribution in [2.24, 2.45) is 0 Å². The zero-order chi connectivity index (χ0) is 11.7. The molecule has 2 aromatic heterocycles. The standard InChI is InChI=1S/C13H13FN2S/c14-12-5-2-6-13(16-12)15-10-3-1-4-11-9(10)7-8-17-11/h2,5-8,10H,1,3-4H2,(H,15,16). The number of aromatic nitrogens is 1. The van der Waals surface area contributed by atoms with Crippen molar-refractivity contribution in [3.8, 4) is 0 Å². The number of hydrogen-bond donors (Lipinski definition) is 1. The average Bonchev–Trinajstić information content (AvgIpc) is 2.78. The number of halogens is 1. The summed E-state index contributed by atoms with van der Waals surface area (Å²) in [5, 5.41) is 5.45. The van der Waals surface area contributed by atoms with E-state index in [9.17, 15) is 4.39 Å². The first-order chi connectivity index (χ1) is 8.33. The maximum Gasteiger partial charge on any atom is 0.214 e. The monoisotopic (exact) mass is 248 g/mol. The van der Waals surface area contributed by atoms with Gasteiger partial charge in [0.25, 0.3) is 0 Å². The Labute approximate surface area is 104 Å². The van der Waals surface area contributed by atoms with E-state index in [0.717, 1.165) is 6.42 Å². The first kappa shape index (κ1) is 10.7. The van der Waals surface area contributed by atoms with Crippen molar-refractivity contribution in [2.75, 3.05) is 5.32 Å². The van der Waals surface area contributed by atoms with Crippen molar-refractivity contribution in [1.29, 1.82) is 0 Å². The fraction of sp³-hybridized carbons (Fsp3) is 0.308. The molecule has 0 saturated heterocycles. The molecule has 0 fully saturated rings. The van der Waals surface area contributed by atoms with Gasteiger partial charge in [-0.1, -0.05) is 6.07 Å². The SMILES string of the molecule is Fc1cccc(NC2CCCc3sccc32)n1. The summed E-state index contributed by atoms with van der Waals surface area (Å²) in [6, 6.07) is 7.29. The van der Waals surface area contributed by atoms with Gasteiger partial charge in [0.05, 0.1) is 6.04 Å². The quantitative estimate of drug-likeness (QED) is 0.818. The maximum atomic E-state index is 13.0. The fourth-order valence-corrected chi connectivity index (χ4v) is 3.29. The van der Waals surface area contributed by atoms with Crippen LogP contribution in [0.5, 0.6) is 0 Å². The first-order valence-electron chi connectivity index (χ1n) is 5.78. The molecule has 0 aromatic carbocycles. The normalized spacial score (nSPS) is 18.8. The van der Waals surface area contributed by atoms with Gasteiger partial charge in [0.1, 0.15) is 5.82 Å². The predicted molar refractivity (Wildman–Crippen MR) is 67.8 cm³/mol. The number of fused-ring (bicyclic) bond motifs is 1. The third-order valence-electron chi connectivity index (χ3n) is 3.09. The van der Waals surface area contributed by atoms with E-state index >= 15 is 0 Å². The molecule has 2 aromatic rings. The summed E-state index contributed by atoms with van der Waals surface area (Å²) in [5.41, 5.74) is 1.35.